The number of fused-ring (bicyclic) bond motifs is 1. The Morgan fingerprint density at radius 1 is 1.15 bits per heavy atom. The van der Waals surface area contributed by atoms with Crippen molar-refractivity contribution in [3.63, 3.8) is 0 Å². The molecular formula is C24H22ClF2N3O2S. The maximum absolute atomic E-state index is 13.4. The number of halogens is 3. The van der Waals surface area contributed by atoms with Crippen molar-refractivity contribution < 1.29 is 17.8 Å². The van der Waals surface area contributed by atoms with Crippen LogP contribution in [0.15, 0.2) is 54.9 Å². The molecule has 1 unspecified atom stereocenters. The largest absolute Gasteiger partial charge is 0.345 e. The van der Waals surface area contributed by atoms with Crippen LogP contribution in [0.5, 0.6) is 0 Å². The molecule has 2 N–H and O–H groups in total. The highest BCUT2D eigenvalue weighted by Crippen LogP contribution is 2.25. The molecule has 1 atom stereocenters. The summed E-state index contributed by atoms with van der Waals surface area (Å²) < 4.78 is 40.1. The number of H-pyrrole nitrogens is 1. The maximum Gasteiger partial charge on any atom is 0.153 e. The SMILES string of the molecule is CCCS(=O)Nc1ccc(F)c(C)c1F.O=Cc1c[nH]c2ncc(-c3ccc(Cl)cc3)cc12. The molecule has 0 aliphatic heterocycles. The Balaban J connectivity index is 0.000000190. The normalized spacial score (nSPS) is 11.5. The van der Waals surface area contributed by atoms with Gasteiger partial charge in [0, 0.05) is 45.2 Å². The molecule has 0 aliphatic rings. The molecule has 0 amide bonds. The molecule has 0 fully saturated rings. The summed E-state index contributed by atoms with van der Waals surface area (Å²) in [5, 5.41) is 1.53. The lowest BCUT2D eigenvalue weighted by molar-refractivity contribution is 0.112. The van der Waals surface area contributed by atoms with Gasteiger partial charge in [0.25, 0.3) is 0 Å². The van der Waals surface area contributed by atoms with Gasteiger partial charge in [-0.3, -0.25) is 4.79 Å². The molecule has 0 saturated carbocycles. The van der Waals surface area contributed by atoms with E-state index in [0.717, 1.165) is 40.9 Å². The molecule has 2 aromatic carbocycles. The van der Waals surface area contributed by atoms with E-state index in [9.17, 15) is 17.8 Å². The fraction of sp³-hybridized carbons (Fsp3) is 0.167. The van der Waals surface area contributed by atoms with Crippen molar-refractivity contribution in [1.29, 1.82) is 0 Å². The first-order chi connectivity index (χ1) is 15.8. The number of nitrogens with zero attached hydrogens (tertiary/aromatic N) is 1. The van der Waals surface area contributed by atoms with Crippen LogP contribution in [0.1, 0.15) is 29.3 Å². The Morgan fingerprint density at radius 3 is 2.55 bits per heavy atom. The monoisotopic (exact) mass is 489 g/mol. The van der Waals surface area contributed by atoms with Crippen LogP contribution in [0.2, 0.25) is 5.02 Å². The first-order valence-electron chi connectivity index (χ1n) is 10.1. The van der Waals surface area contributed by atoms with Gasteiger partial charge in [-0.1, -0.05) is 30.7 Å². The van der Waals surface area contributed by atoms with Gasteiger partial charge in [0.1, 0.15) is 22.5 Å². The number of anilines is 1. The van der Waals surface area contributed by atoms with Crippen molar-refractivity contribution in [2.24, 2.45) is 0 Å². The van der Waals surface area contributed by atoms with Crippen LogP contribution in [0.25, 0.3) is 22.2 Å². The zero-order chi connectivity index (χ0) is 24.0. The molecule has 9 heteroatoms. The van der Waals surface area contributed by atoms with Gasteiger partial charge in [-0.2, -0.15) is 0 Å². The third-order valence-corrected chi connectivity index (χ3v) is 6.28. The summed E-state index contributed by atoms with van der Waals surface area (Å²) in [6.45, 7) is 3.23. The fourth-order valence-electron chi connectivity index (χ4n) is 3.02. The Labute approximate surface area is 197 Å². The van der Waals surface area contributed by atoms with E-state index in [1.807, 2.05) is 37.3 Å². The van der Waals surface area contributed by atoms with Crippen LogP contribution in [-0.2, 0) is 11.0 Å². The minimum Gasteiger partial charge on any atom is -0.345 e. The van der Waals surface area contributed by atoms with Crippen LogP contribution in [0.3, 0.4) is 0 Å². The molecule has 2 heterocycles. The summed E-state index contributed by atoms with van der Waals surface area (Å²) >= 11 is 5.86. The molecule has 2 aromatic heterocycles. The summed E-state index contributed by atoms with van der Waals surface area (Å²) in [4.78, 5) is 18.2. The predicted octanol–water partition coefficient (Wildman–Crippen LogP) is 6.45. The van der Waals surface area contributed by atoms with Crippen molar-refractivity contribution in [1.82, 2.24) is 9.97 Å². The Hall–Kier alpha value is -3.10. The fourth-order valence-corrected chi connectivity index (χ4v) is 4.02. The Bertz CT molecular complexity index is 1290. The molecule has 0 radical (unpaired) electrons. The van der Waals surface area contributed by atoms with Crippen molar-refractivity contribution in [2.75, 3.05) is 10.5 Å². The van der Waals surface area contributed by atoms with Crippen LogP contribution >= 0.6 is 11.6 Å². The van der Waals surface area contributed by atoms with Crippen molar-refractivity contribution >= 4 is 45.6 Å². The van der Waals surface area contributed by atoms with Crippen LogP contribution in [0, 0.1) is 18.6 Å². The summed E-state index contributed by atoms with van der Waals surface area (Å²) in [5.41, 5.74) is 3.34. The lowest BCUT2D eigenvalue weighted by atomic mass is 10.1. The van der Waals surface area contributed by atoms with E-state index in [1.54, 1.807) is 12.4 Å². The standard InChI is InChI=1S/C14H9ClN2O.C10H13F2NOS/c15-12-3-1-9(2-4-12)10-5-13-11(8-18)7-17-14(13)16-6-10;1-3-6-15(14)13-9-5-4-8(11)7(2)10(9)12/h1-8H,(H,16,17);4-5,13H,3,6H2,1-2H3. The molecule has 5 nitrogen and oxygen atoms in total. The van der Waals surface area contributed by atoms with E-state index in [4.69, 9.17) is 11.6 Å². The van der Waals surface area contributed by atoms with Gasteiger partial charge in [0.2, 0.25) is 0 Å². The number of carbonyl (C=O) groups excluding carboxylic acids is 1. The van der Waals surface area contributed by atoms with Gasteiger partial charge in [-0.25, -0.2) is 18.0 Å². The van der Waals surface area contributed by atoms with Crippen molar-refractivity contribution in [3.05, 3.63) is 82.6 Å². The second-order valence-electron chi connectivity index (χ2n) is 7.17. The number of pyridine rings is 1. The number of rotatable bonds is 6. The summed E-state index contributed by atoms with van der Waals surface area (Å²) in [5.74, 6) is -0.839. The highest BCUT2D eigenvalue weighted by Gasteiger charge is 2.11. The highest BCUT2D eigenvalue weighted by molar-refractivity contribution is 7.86. The maximum atomic E-state index is 13.4. The van der Waals surface area contributed by atoms with Crippen LogP contribution in [0.4, 0.5) is 14.5 Å². The number of hydrogen-bond donors (Lipinski definition) is 2. The molecule has 0 saturated heterocycles. The lowest BCUT2D eigenvalue weighted by Gasteiger charge is -2.08. The third-order valence-electron chi connectivity index (χ3n) is 4.80. The predicted molar refractivity (Wildman–Crippen MR) is 130 cm³/mol. The van der Waals surface area contributed by atoms with Gasteiger partial charge in [0.05, 0.1) is 5.69 Å². The lowest BCUT2D eigenvalue weighted by Crippen LogP contribution is -2.10. The van der Waals surface area contributed by atoms with E-state index < -0.39 is 22.6 Å². The smallest absolute Gasteiger partial charge is 0.153 e. The van der Waals surface area contributed by atoms with E-state index >= 15 is 0 Å². The molecule has 0 aliphatic carbocycles. The van der Waals surface area contributed by atoms with Crippen molar-refractivity contribution in [3.8, 4) is 11.1 Å². The molecular weight excluding hydrogens is 468 g/mol. The van der Waals surface area contributed by atoms with Gasteiger partial charge in [-0.15, -0.1) is 0 Å². The number of aromatic nitrogens is 2. The molecule has 0 spiro atoms. The van der Waals surface area contributed by atoms with Gasteiger partial charge < -0.3 is 9.71 Å². The Morgan fingerprint density at radius 2 is 1.88 bits per heavy atom. The summed E-state index contributed by atoms with van der Waals surface area (Å²) in [6, 6.07) is 11.9. The first kappa shape index (κ1) is 24.5. The summed E-state index contributed by atoms with van der Waals surface area (Å²) in [6.07, 6.45) is 5.00. The summed E-state index contributed by atoms with van der Waals surface area (Å²) in [7, 11) is -1.31. The Kier molecular flexibility index (Phi) is 8.30. The second-order valence-corrected chi connectivity index (χ2v) is 8.91. The van der Waals surface area contributed by atoms with Crippen LogP contribution in [-0.4, -0.2) is 26.2 Å². The van der Waals surface area contributed by atoms with Gasteiger partial charge in [-0.05, 0) is 49.2 Å². The minimum absolute atomic E-state index is 0.0616. The molecule has 33 heavy (non-hydrogen) atoms. The van der Waals surface area contributed by atoms with Gasteiger partial charge >= 0.3 is 0 Å². The second kappa shape index (κ2) is 11.2. The molecule has 4 aromatic rings. The molecule has 172 valence electrons. The van der Waals surface area contributed by atoms with E-state index in [0.29, 0.717) is 16.3 Å². The zero-order valence-electron chi connectivity index (χ0n) is 18.0. The van der Waals surface area contributed by atoms with E-state index in [-0.39, 0.29) is 11.3 Å². The molecule has 4 rings (SSSR count). The number of benzene rings is 2. The minimum atomic E-state index is -1.31. The average molecular weight is 490 g/mol. The number of nitrogens with one attached hydrogen (secondary N) is 2. The van der Waals surface area contributed by atoms with E-state index in [2.05, 4.69) is 14.7 Å². The highest BCUT2D eigenvalue weighted by atomic mass is 35.5. The molecule has 0 bridgehead atoms. The van der Waals surface area contributed by atoms with Crippen LogP contribution < -0.4 is 4.72 Å². The van der Waals surface area contributed by atoms with E-state index in [1.165, 1.54) is 13.0 Å². The number of hydrogen-bond acceptors (Lipinski definition) is 3. The number of aldehydes is 1. The number of aromatic amines is 1. The van der Waals surface area contributed by atoms with Gasteiger partial charge in [0.15, 0.2) is 12.1 Å². The quantitative estimate of drug-likeness (QED) is 0.305. The third kappa shape index (κ3) is 6.03. The first-order valence-corrected chi connectivity index (χ1v) is 11.8. The van der Waals surface area contributed by atoms with Crippen molar-refractivity contribution in [2.45, 2.75) is 20.3 Å². The average Bonchev–Trinajstić information content (AvgIpc) is 3.23. The topological polar surface area (TPSA) is 74.8 Å². The number of carbonyl (C=O) groups is 1. The zero-order valence-corrected chi connectivity index (χ0v) is 19.6.